The van der Waals surface area contributed by atoms with Crippen LogP contribution in [-0.4, -0.2) is 68.9 Å². The third-order valence-electron chi connectivity index (χ3n) is 8.16. The molecule has 1 fully saturated rings. The molecule has 8 nitrogen and oxygen atoms in total. The van der Waals surface area contributed by atoms with Gasteiger partial charge in [-0.1, -0.05) is 35.9 Å². The van der Waals surface area contributed by atoms with E-state index >= 15 is 0 Å². The van der Waals surface area contributed by atoms with E-state index < -0.39 is 38.6 Å². The molecule has 2 heterocycles. The van der Waals surface area contributed by atoms with Crippen LogP contribution in [0.25, 0.3) is 11.6 Å². The van der Waals surface area contributed by atoms with Crippen molar-refractivity contribution in [3.05, 3.63) is 88.2 Å². The monoisotopic (exact) mass is 693 g/mol. The van der Waals surface area contributed by atoms with Gasteiger partial charge in [0.15, 0.2) is 0 Å². The smallest absolute Gasteiger partial charge is 0.416 e. The zero-order valence-corrected chi connectivity index (χ0v) is 27.1. The second-order valence-corrected chi connectivity index (χ2v) is 13.6. The quantitative estimate of drug-likeness (QED) is 0.209. The molecule has 2 amide bonds. The number of anilines is 1. The first-order chi connectivity index (χ1) is 22.1. The van der Waals surface area contributed by atoms with Crippen LogP contribution in [0, 0.1) is 5.82 Å². The molecule has 0 aliphatic carbocycles. The zero-order valence-electron chi connectivity index (χ0n) is 25.6. The maximum atomic E-state index is 14.6. The maximum Gasteiger partial charge on any atom is 0.416 e. The number of halogens is 5. The summed E-state index contributed by atoms with van der Waals surface area (Å²) in [5.74, 6) is -0.645. The highest BCUT2D eigenvalue weighted by atomic mass is 35.5. The minimum Gasteiger partial charge on any atom is -0.486 e. The second kappa shape index (κ2) is 13.6. The molecular formula is C33H32ClF4N3O5S. The molecule has 0 N–H and O–H groups in total. The van der Waals surface area contributed by atoms with E-state index in [-0.39, 0.29) is 53.2 Å². The first-order valence-corrected chi connectivity index (χ1v) is 16.6. The summed E-state index contributed by atoms with van der Waals surface area (Å²) in [4.78, 5) is 27.3. The number of alkyl halides is 3. The number of carbonyl (C=O) groups excluding carboxylic acids is 2. The van der Waals surface area contributed by atoms with Crippen molar-refractivity contribution in [3.63, 3.8) is 0 Å². The molecule has 0 radical (unpaired) electrons. The number of nitrogens with zero attached hydrogens (tertiary/aromatic N) is 3. The Labute approximate surface area is 275 Å². The molecule has 14 heteroatoms. The predicted molar refractivity (Wildman–Crippen MR) is 170 cm³/mol. The third-order valence-corrected chi connectivity index (χ3v) is 10.3. The Balaban J connectivity index is 1.46. The largest absolute Gasteiger partial charge is 0.486 e. The molecular weight excluding hydrogens is 662 g/mol. The van der Waals surface area contributed by atoms with Crippen LogP contribution < -0.4 is 9.04 Å². The van der Waals surface area contributed by atoms with E-state index in [4.69, 9.17) is 16.3 Å². The van der Waals surface area contributed by atoms with Crippen LogP contribution in [-0.2, 0) is 25.8 Å². The molecule has 1 saturated heterocycles. The molecule has 0 unspecified atom stereocenters. The number of carbonyl (C=O) groups is 2. The van der Waals surface area contributed by atoms with Gasteiger partial charge >= 0.3 is 6.18 Å². The average molecular weight is 694 g/mol. The molecule has 0 spiro atoms. The van der Waals surface area contributed by atoms with Crippen molar-refractivity contribution in [2.75, 3.05) is 37.0 Å². The summed E-state index contributed by atoms with van der Waals surface area (Å²) in [5.41, 5.74) is 0.0491. The summed E-state index contributed by atoms with van der Waals surface area (Å²) >= 11 is 6.23. The second-order valence-electron chi connectivity index (χ2n) is 11.4. The van der Waals surface area contributed by atoms with Gasteiger partial charge < -0.3 is 14.5 Å². The number of amides is 2. The molecule has 5 rings (SSSR count). The van der Waals surface area contributed by atoms with Gasteiger partial charge in [-0.2, -0.15) is 13.2 Å². The van der Waals surface area contributed by atoms with Crippen molar-refractivity contribution in [2.24, 2.45) is 0 Å². The van der Waals surface area contributed by atoms with E-state index in [1.807, 2.05) is 0 Å². The summed E-state index contributed by atoms with van der Waals surface area (Å²) in [6.45, 7) is 4.40. The fourth-order valence-corrected chi connectivity index (χ4v) is 7.52. The Morgan fingerprint density at radius 3 is 2.32 bits per heavy atom. The zero-order chi connectivity index (χ0) is 34.1. The Bertz CT molecular complexity index is 1800. The molecule has 0 saturated carbocycles. The van der Waals surface area contributed by atoms with E-state index in [9.17, 15) is 35.6 Å². The van der Waals surface area contributed by atoms with Crippen LogP contribution in [0.15, 0.2) is 65.6 Å². The van der Waals surface area contributed by atoms with Crippen LogP contribution in [0.4, 0.5) is 23.2 Å². The van der Waals surface area contributed by atoms with Crippen molar-refractivity contribution >= 4 is 50.8 Å². The lowest BCUT2D eigenvalue weighted by Crippen LogP contribution is -2.50. The van der Waals surface area contributed by atoms with Gasteiger partial charge in [0.2, 0.25) is 11.8 Å². The van der Waals surface area contributed by atoms with Crippen LogP contribution >= 0.6 is 11.6 Å². The third kappa shape index (κ3) is 7.57. The minimum absolute atomic E-state index is 0.0287. The molecule has 2 aliphatic heterocycles. The Morgan fingerprint density at radius 1 is 0.979 bits per heavy atom. The normalized spacial score (nSPS) is 17.3. The van der Waals surface area contributed by atoms with Crippen molar-refractivity contribution < 1.29 is 40.3 Å². The molecule has 250 valence electrons. The topological polar surface area (TPSA) is 87.2 Å². The number of sulfonamides is 1. The molecule has 0 bridgehead atoms. The van der Waals surface area contributed by atoms with Crippen molar-refractivity contribution in [1.82, 2.24) is 9.80 Å². The first-order valence-electron chi connectivity index (χ1n) is 14.8. The SMILES string of the molecule is CC(=O)N1CCN(C(=O)CC[C@H]2CN(S(=O)(=O)c3cccc(C(F)(F)F)c3)c3cc(/C=C(\C)c4c(F)cccc4Cl)ccc3O2)CC1. The lowest BCUT2D eigenvalue weighted by atomic mass is 10.0. The van der Waals surface area contributed by atoms with Crippen LogP contribution in [0.2, 0.25) is 5.02 Å². The number of piperazine rings is 1. The van der Waals surface area contributed by atoms with Gasteiger partial charge in [0, 0.05) is 45.1 Å². The van der Waals surface area contributed by atoms with Crippen LogP contribution in [0.5, 0.6) is 5.75 Å². The number of fused-ring (bicyclic) bond motifs is 1. The van der Waals surface area contributed by atoms with E-state index in [1.54, 1.807) is 34.9 Å². The van der Waals surface area contributed by atoms with E-state index in [0.29, 0.717) is 43.4 Å². The Morgan fingerprint density at radius 2 is 1.66 bits per heavy atom. The lowest BCUT2D eigenvalue weighted by Gasteiger charge is -2.37. The number of hydrogen-bond acceptors (Lipinski definition) is 5. The van der Waals surface area contributed by atoms with Crippen LogP contribution in [0.1, 0.15) is 43.4 Å². The van der Waals surface area contributed by atoms with Gasteiger partial charge in [-0.25, -0.2) is 12.8 Å². The number of benzene rings is 3. The summed E-state index contributed by atoms with van der Waals surface area (Å²) in [5, 5.41) is 0.187. The van der Waals surface area contributed by atoms with Crippen LogP contribution in [0.3, 0.4) is 0 Å². The van der Waals surface area contributed by atoms with Gasteiger partial charge in [-0.3, -0.25) is 13.9 Å². The molecule has 1 atom stereocenters. The summed E-state index contributed by atoms with van der Waals surface area (Å²) in [6.07, 6.45) is -3.80. The summed E-state index contributed by atoms with van der Waals surface area (Å²) < 4.78 is 90.3. The number of allylic oxidation sites excluding steroid dienone is 1. The average Bonchev–Trinajstić information content (AvgIpc) is 3.03. The van der Waals surface area contributed by atoms with E-state index in [2.05, 4.69) is 0 Å². The molecule has 2 aliphatic rings. The fourth-order valence-electron chi connectivity index (χ4n) is 5.67. The fraction of sp³-hybridized carbons (Fsp3) is 0.333. The number of hydrogen-bond donors (Lipinski definition) is 0. The van der Waals surface area contributed by atoms with Crippen molar-refractivity contribution in [1.29, 1.82) is 0 Å². The lowest BCUT2D eigenvalue weighted by molar-refractivity contribution is -0.138. The van der Waals surface area contributed by atoms with E-state index in [0.717, 1.165) is 22.5 Å². The highest BCUT2D eigenvalue weighted by Crippen LogP contribution is 2.40. The maximum absolute atomic E-state index is 14.6. The highest BCUT2D eigenvalue weighted by Gasteiger charge is 2.37. The summed E-state index contributed by atoms with van der Waals surface area (Å²) in [7, 11) is -4.56. The minimum atomic E-state index is -4.77. The van der Waals surface area contributed by atoms with Gasteiger partial charge in [0.05, 0.1) is 27.7 Å². The van der Waals surface area contributed by atoms with Gasteiger partial charge in [-0.15, -0.1) is 0 Å². The Hall–Kier alpha value is -4.10. The number of ether oxygens (including phenoxy) is 1. The predicted octanol–water partition coefficient (Wildman–Crippen LogP) is 6.49. The molecule has 3 aromatic rings. The summed E-state index contributed by atoms with van der Waals surface area (Å²) in [6, 6.07) is 12.4. The van der Waals surface area contributed by atoms with Gasteiger partial charge in [-0.05, 0) is 66.9 Å². The van der Waals surface area contributed by atoms with Crippen molar-refractivity contribution in [3.8, 4) is 5.75 Å². The van der Waals surface area contributed by atoms with E-state index in [1.165, 1.54) is 31.2 Å². The molecule has 3 aromatic carbocycles. The standard InChI is InChI=1S/C33H32ClF4N3O5S/c1-21(32-27(34)7-4-8-28(32)35)17-23-9-11-30-29(18-23)41(47(44,45)26-6-3-5-24(19-26)33(36,37)38)20-25(46-30)10-12-31(43)40-15-13-39(14-16-40)22(2)42/h3-9,11,17-19,25H,10,12-16,20H2,1-2H3/b21-17+/t25-/m0/s1. The highest BCUT2D eigenvalue weighted by molar-refractivity contribution is 7.92. The first kappa shape index (κ1) is 34.2. The number of rotatable bonds is 7. The van der Waals surface area contributed by atoms with Gasteiger partial charge in [0.25, 0.3) is 10.0 Å². The van der Waals surface area contributed by atoms with Crippen molar-refractivity contribution in [2.45, 2.75) is 43.9 Å². The molecule has 0 aromatic heterocycles. The van der Waals surface area contributed by atoms with Gasteiger partial charge in [0.1, 0.15) is 17.7 Å². The Kier molecular flexibility index (Phi) is 9.88. The molecule has 47 heavy (non-hydrogen) atoms.